The standard InChI is InChI=1S/C24H23F3N2O3/c1-23(2)12-17-20(19(30)13-23)21(14-8-10-15(32-3)11-9-14)29(22(31)24(25,26)27)18-7-5-4-6-16(18)28-17/h4-11,21,28H,12-13H2,1-3H3. The van der Waals surface area contributed by atoms with Crippen LogP contribution in [0.3, 0.4) is 0 Å². The first kappa shape index (κ1) is 21.9. The van der Waals surface area contributed by atoms with Crippen LogP contribution in [-0.2, 0) is 9.59 Å². The number of alkyl halides is 3. The average Bonchev–Trinajstić information content (AvgIpc) is 2.86. The Morgan fingerprint density at radius 1 is 1.09 bits per heavy atom. The Balaban J connectivity index is 2.01. The Morgan fingerprint density at radius 3 is 2.38 bits per heavy atom. The third-order valence-electron chi connectivity index (χ3n) is 5.79. The van der Waals surface area contributed by atoms with Crippen LogP contribution in [0.1, 0.15) is 38.3 Å². The first-order valence-electron chi connectivity index (χ1n) is 10.2. The van der Waals surface area contributed by atoms with E-state index in [1.54, 1.807) is 42.5 Å². The van der Waals surface area contributed by atoms with Crippen molar-refractivity contribution in [3.63, 3.8) is 0 Å². The highest BCUT2D eigenvalue weighted by Crippen LogP contribution is 2.49. The minimum atomic E-state index is -5.13. The van der Waals surface area contributed by atoms with E-state index in [-0.39, 0.29) is 28.9 Å². The molecule has 2 aliphatic rings. The molecule has 8 heteroatoms. The van der Waals surface area contributed by atoms with Crippen molar-refractivity contribution in [2.24, 2.45) is 5.41 Å². The molecule has 0 bridgehead atoms. The van der Waals surface area contributed by atoms with E-state index in [1.165, 1.54) is 13.2 Å². The van der Waals surface area contributed by atoms with Crippen LogP contribution in [0.4, 0.5) is 24.5 Å². The van der Waals surface area contributed by atoms with E-state index in [0.29, 0.717) is 34.0 Å². The highest BCUT2D eigenvalue weighted by atomic mass is 19.4. The zero-order valence-corrected chi connectivity index (χ0v) is 17.9. The summed E-state index contributed by atoms with van der Waals surface area (Å²) in [6.07, 6.45) is -4.49. The number of fused-ring (bicyclic) bond motifs is 1. The smallest absolute Gasteiger partial charge is 0.471 e. The number of halogens is 3. The number of nitrogens with zero attached hydrogens (tertiary/aromatic N) is 1. The summed E-state index contributed by atoms with van der Waals surface area (Å²) >= 11 is 0. The molecular formula is C24H23F3N2O3. The van der Waals surface area contributed by atoms with Gasteiger partial charge in [0.2, 0.25) is 0 Å². The molecule has 5 nitrogen and oxygen atoms in total. The van der Waals surface area contributed by atoms with Gasteiger partial charge < -0.3 is 10.1 Å². The van der Waals surface area contributed by atoms with Crippen LogP contribution in [0.5, 0.6) is 5.75 Å². The number of para-hydroxylation sites is 2. The number of carbonyl (C=O) groups excluding carboxylic acids is 2. The summed E-state index contributed by atoms with van der Waals surface area (Å²) in [7, 11) is 1.48. The minimum absolute atomic E-state index is 0.0654. The number of amides is 1. The normalized spacial score (nSPS) is 20.1. The minimum Gasteiger partial charge on any atom is -0.497 e. The van der Waals surface area contributed by atoms with Crippen molar-refractivity contribution in [2.45, 2.75) is 38.9 Å². The molecule has 1 atom stereocenters. The first-order valence-corrected chi connectivity index (χ1v) is 10.2. The Morgan fingerprint density at radius 2 is 1.75 bits per heavy atom. The number of allylic oxidation sites excluding steroid dienone is 1. The first-order chi connectivity index (χ1) is 15.0. The van der Waals surface area contributed by atoms with Crippen molar-refractivity contribution in [3.05, 3.63) is 65.4 Å². The molecule has 1 aliphatic carbocycles. The van der Waals surface area contributed by atoms with Crippen LogP contribution >= 0.6 is 0 Å². The predicted octanol–water partition coefficient (Wildman–Crippen LogP) is 5.40. The molecule has 1 N–H and O–H groups in total. The van der Waals surface area contributed by atoms with Gasteiger partial charge in [-0.1, -0.05) is 38.1 Å². The lowest BCUT2D eigenvalue weighted by Crippen LogP contribution is -2.45. The van der Waals surface area contributed by atoms with E-state index >= 15 is 0 Å². The summed E-state index contributed by atoms with van der Waals surface area (Å²) in [6, 6.07) is 11.5. The lowest BCUT2D eigenvalue weighted by atomic mass is 9.73. The molecule has 1 aliphatic heterocycles. The van der Waals surface area contributed by atoms with Gasteiger partial charge in [0.25, 0.3) is 0 Å². The molecule has 0 radical (unpaired) electrons. The molecule has 1 unspecified atom stereocenters. The van der Waals surface area contributed by atoms with Gasteiger partial charge in [-0.05, 0) is 41.7 Å². The van der Waals surface area contributed by atoms with Crippen molar-refractivity contribution < 1.29 is 27.5 Å². The number of methoxy groups -OCH3 is 1. The SMILES string of the molecule is COc1ccc(C2C3=C(CC(C)(C)CC3=O)Nc3ccccc3N2C(=O)C(F)(F)F)cc1. The van der Waals surface area contributed by atoms with Gasteiger partial charge in [0.1, 0.15) is 5.75 Å². The topological polar surface area (TPSA) is 58.6 Å². The fourth-order valence-electron chi connectivity index (χ4n) is 4.45. The van der Waals surface area contributed by atoms with Gasteiger partial charge in [0, 0.05) is 17.7 Å². The highest BCUT2D eigenvalue weighted by Gasteiger charge is 2.50. The maximum Gasteiger partial charge on any atom is 0.471 e. The average molecular weight is 444 g/mol. The second-order valence-corrected chi connectivity index (χ2v) is 8.82. The summed E-state index contributed by atoms with van der Waals surface area (Å²) in [4.78, 5) is 26.8. The van der Waals surface area contributed by atoms with Crippen molar-refractivity contribution in [2.75, 3.05) is 17.3 Å². The monoisotopic (exact) mass is 444 g/mol. The molecule has 2 aromatic rings. The summed E-state index contributed by atoms with van der Waals surface area (Å²) in [5, 5.41) is 3.18. The quantitative estimate of drug-likeness (QED) is 0.674. The van der Waals surface area contributed by atoms with Crippen LogP contribution in [-0.4, -0.2) is 25.0 Å². The fraction of sp³-hybridized carbons (Fsp3) is 0.333. The molecule has 2 aromatic carbocycles. The number of ketones is 1. The zero-order valence-electron chi connectivity index (χ0n) is 17.9. The van der Waals surface area contributed by atoms with Crippen LogP contribution < -0.4 is 15.0 Å². The van der Waals surface area contributed by atoms with Crippen LogP contribution in [0, 0.1) is 5.41 Å². The maximum atomic E-state index is 13.8. The van der Waals surface area contributed by atoms with Gasteiger partial charge in [-0.15, -0.1) is 0 Å². The predicted molar refractivity (Wildman–Crippen MR) is 114 cm³/mol. The van der Waals surface area contributed by atoms with Gasteiger partial charge in [-0.25, -0.2) is 0 Å². The number of anilines is 2. The molecule has 1 amide bonds. The Kier molecular flexibility index (Phi) is 5.27. The van der Waals surface area contributed by atoms with E-state index < -0.39 is 18.1 Å². The van der Waals surface area contributed by atoms with E-state index in [1.807, 2.05) is 13.8 Å². The lowest BCUT2D eigenvalue weighted by molar-refractivity contribution is -0.170. The van der Waals surface area contributed by atoms with Gasteiger partial charge in [0.15, 0.2) is 5.78 Å². The van der Waals surface area contributed by atoms with E-state index in [2.05, 4.69) is 5.32 Å². The Hall–Kier alpha value is -3.29. The molecule has 0 fully saturated rings. The second kappa shape index (κ2) is 7.69. The van der Waals surface area contributed by atoms with Crippen LogP contribution in [0.25, 0.3) is 0 Å². The van der Waals surface area contributed by atoms with Crippen molar-refractivity contribution in [3.8, 4) is 5.75 Å². The van der Waals surface area contributed by atoms with Crippen LogP contribution in [0.2, 0.25) is 0 Å². The number of nitrogens with one attached hydrogen (secondary N) is 1. The number of benzene rings is 2. The van der Waals surface area contributed by atoms with Crippen molar-refractivity contribution >= 4 is 23.1 Å². The number of rotatable bonds is 2. The molecule has 0 spiro atoms. The third-order valence-corrected chi connectivity index (χ3v) is 5.79. The summed E-state index contributed by atoms with van der Waals surface area (Å²) in [5.41, 5.74) is 1.16. The summed E-state index contributed by atoms with van der Waals surface area (Å²) in [5.74, 6) is -1.80. The lowest BCUT2D eigenvalue weighted by Gasteiger charge is -2.37. The summed E-state index contributed by atoms with van der Waals surface area (Å²) < 4.78 is 46.5. The van der Waals surface area contributed by atoms with Gasteiger partial charge >= 0.3 is 12.1 Å². The third kappa shape index (κ3) is 3.85. The van der Waals surface area contributed by atoms with E-state index in [0.717, 1.165) is 0 Å². The molecule has 0 saturated heterocycles. The zero-order chi connectivity index (χ0) is 23.3. The molecule has 1 heterocycles. The van der Waals surface area contributed by atoms with Gasteiger partial charge in [-0.2, -0.15) is 13.2 Å². The van der Waals surface area contributed by atoms with E-state index in [4.69, 9.17) is 4.74 Å². The van der Waals surface area contributed by atoms with Crippen molar-refractivity contribution in [1.29, 1.82) is 0 Å². The molecule has 0 saturated carbocycles. The Bertz CT molecular complexity index is 1100. The van der Waals surface area contributed by atoms with E-state index in [9.17, 15) is 22.8 Å². The molecule has 0 aromatic heterocycles. The molecule has 32 heavy (non-hydrogen) atoms. The van der Waals surface area contributed by atoms with Gasteiger partial charge in [-0.3, -0.25) is 14.5 Å². The highest BCUT2D eigenvalue weighted by molar-refractivity contribution is 6.07. The molecule has 4 rings (SSSR count). The second-order valence-electron chi connectivity index (χ2n) is 8.82. The molecular weight excluding hydrogens is 421 g/mol. The van der Waals surface area contributed by atoms with Crippen molar-refractivity contribution in [1.82, 2.24) is 0 Å². The number of ether oxygens (including phenoxy) is 1. The van der Waals surface area contributed by atoms with Crippen LogP contribution in [0.15, 0.2) is 59.8 Å². The number of carbonyl (C=O) groups is 2. The Labute approximate surface area is 183 Å². The van der Waals surface area contributed by atoms with Gasteiger partial charge in [0.05, 0.1) is 24.5 Å². The maximum absolute atomic E-state index is 13.8. The molecule has 168 valence electrons. The fourth-order valence-corrected chi connectivity index (χ4v) is 4.45. The number of hydrogen-bond donors (Lipinski definition) is 1. The number of hydrogen-bond acceptors (Lipinski definition) is 4. The largest absolute Gasteiger partial charge is 0.497 e. The number of Topliss-reactive ketones (excluding diaryl/α,β-unsaturated/α-hetero) is 1. The summed E-state index contributed by atoms with van der Waals surface area (Å²) in [6.45, 7) is 3.88.